The summed E-state index contributed by atoms with van der Waals surface area (Å²) < 4.78 is 0. The monoisotopic (exact) mass is 164 g/mol. The van der Waals surface area contributed by atoms with E-state index in [1.165, 1.54) is 7.05 Å². The smallest absolute Gasteiger partial charge is 0.323 e. The quantitative estimate of drug-likeness (QED) is 0.380. The molecule has 0 aliphatic heterocycles. The summed E-state index contributed by atoms with van der Waals surface area (Å²) in [5.41, 5.74) is 0. The van der Waals surface area contributed by atoms with Crippen LogP contribution in [-0.4, -0.2) is 18.3 Å². The first-order chi connectivity index (χ1) is 4.70. The number of nitrogens with one attached hydrogen (secondary N) is 1. The Balaban J connectivity index is 3.61. The molecule has 0 aliphatic carbocycles. The summed E-state index contributed by atoms with van der Waals surface area (Å²) in [4.78, 5) is 14.6. The Morgan fingerprint density at radius 2 is 2.40 bits per heavy atom. The predicted octanol–water partition coefficient (Wildman–Crippen LogP) is 1.30. The molecule has 0 fully saturated rings. The topological polar surface area (TPSA) is 50.7 Å². The molecule has 0 heterocycles. The zero-order valence-electron chi connectivity index (χ0n) is 5.85. The largest absolute Gasteiger partial charge is 0.433 e. The Hall–Kier alpha value is -0.770. The van der Waals surface area contributed by atoms with Crippen molar-refractivity contribution in [3.8, 4) is 0 Å². The minimum Gasteiger partial charge on any atom is -0.323 e. The first kappa shape index (κ1) is 9.23. The van der Waals surface area contributed by atoms with Crippen molar-refractivity contribution in [1.29, 1.82) is 0 Å². The molecule has 0 saturated heterocycles. The van der Waals surface area contributed by atoms with Crippen molar-refractivity contribution < 1.29 is 9.63 Å². The molecule has 0 aromatic heterocycles. The van der Waals surface area contributed by atoms with Crippen molar-refractivity contribution in [1.82, 2.24) is 5.32 Å². The van der Waals surface area contributed by atoms with E-state index in [4.69, 9.17) is 11.6 Å². The van der Waals surface area contributed by atoms with E-state index in [1.807, 2.05) is 0 Å². The van der Waals surface area contributed by atoms with Gasteiger partial charge in [-0.1, -0.05) is 23.7 Å². The highest BCUT2D eigenvalue weighted by Crippen LogP contribution is 1.92. The normalized spacial score (nSPS) is 10.9. The van der Waals surface area contributed by atoms with Crippen LogP contribution in [0.1, 0.15) is 13.3 Å². The molecule has 0 unspecified atom stereocenters. The Kier molecular flexibility index (Phi) is 4.66. The zero-order valence-corrected chi connectivity index (χ0v) is 6.60. The standard InChI is InChI=1S/C5H9ClN2O2/c1-3-4(6)8-10-5(9)7-2/h3H2,1-2H3,(H,7,9)/b8-4+. The van der Waals surface area contributed by atoms with Gasteiger partial charge in [-0.15, -0.1) is 0 Å². The molecule has 58 valence electrons. The molecule has 10 heavy (non-hydrogen) atoms. The van der Waals surface area contributed by atoms with Gasteiger partial charge in [0.05, 0.1) is 0 Å². The Morgan fingerprint density at radius 1 is 1.80 bits per heavy atom. The second-order valence-electron chi connectivity index (χ2n) is 1.45. The highest BCUT2D eigenvalue weighted by molar-refractivity contribution is 6.65. The molecule has 0 aromatic rings. The number of rotatable bonds is 2. The van der Waals surface area contributed by atoms with E-state index in [0.29, 0.717) is 6.42 Å². The minimum absolute atomic E-state index is 0.267. The second kappa shape index (κ2) is 5.05. The zero-order chi connectivity index (χ0) is 7.98. The molecule has 0 radical (unpaired) electrons. The van der Waals surface area contributed by atoms with Crippen LogP contribution in [-0.2, 0) is 4.84 Å². The van der Waals surface area contributed by atoms with Gasteiger partial charge in [0.1, 0.15) is 5.17 Å². The lowest BCUT2D eigenvalue weighted by molar-refractivity contribution is 0.153. The fourth-order valence-corrected chi connectivity index (χ4v) is 0.236. The molecule has 0 aromatic carbocycles. The Bertz CT molecular complexity index is 147. The number of amides is 1. The van der Waals surface area contributed by atoms with Gasteiger partial charge in [-0.05, 0) is 0 Å². The van der Waals surface area contributed by atoms with Crippen LogP contribution in [0.25, 0.3) is 0 Å². The molecule has 0 aliphatic rings. The van der Waals surface area contributed by atoms with E-state index in [1.54, 1.807) is 6.92 Å². The van der Waals surface area contributed by atoms with Crippen LogP contribution in [0.3, 0.4) is 0 Å². The molecule has 0 rings (SSSR count). The van der Waals surface area contributed by atoms with Crippen molar-refractivity contribution in [2.75, 3.05) is 7.05 Å². The van der Waals surface area contributed by atoms with E-state index in [2.05, 4.69) is 15.3 Å². The highest BCUT2D eigenvalue weighted by Gasteiger charge is 1.95. The number of hydrogen-bond donors (Lipinski definition) is 1. The van der Waals surface area contributed by atoms with Gasteiger partial charge in [0.25, 0.3) is 0 Å². The summed E-state index contributed by atoms with van der Waals surface area (Å²) in [7, 11) is 1.44. The lowest BCUT2D eigenvalue weighted by atomic mass is 10.5. The fraction of sp³-hybridized carbons (Fsp3) is 0.600. The average Bonchev–Trinajstić information content (AvgIpc) is 1.99. The van der Waals surface area contributed by atoms with Gasteiger partial charge in [0.15, 0.2) is 0 Å². The molecule has 4 nitrogen and oxygen atoms in total. The van der Waals surface area contributed by atoms with E-state index in [0.717, 1.165) is 0 Å². The number of nitrogens with zero attached hydrogens (tertiary/aromatic N) is 1. The second-order valence-corrected chi connectivity index (χ2v) is 1.89. The minimum atomic E-state index is -0.619. The number of oxime groups is 1. The number of halogens is 1. The van der Waals surface area contributed by atoms with Gasteiger partial charge in [-0.3, -0.25) is 4.84 Å². The summed E-state index contributed by atoms with van der Waals surface area (Å²) in [6.45, 7) is 1.80. The maximum atomic E-state index is 10.3. The van der Waals surface area contributed by atoms with Crippen LogP contribution in [0, 0.1) is 0 Å². The van der Waals surface area contributed by atoms with Gasteiger partial charge in [0.2, 0.25) is 0 Å². The van der Waals surface area contributed by atoms with E-state index in [9.17, 15) is 4.79 Å². The van der Waals surface area contributed by atoms with Gasteiger partial charge in [-0.2, -0.15) is 0 Å². The maximum absolute atomic E-state index is 10.3. The van der Waals surface area contributed by atoms with Crippen LogP contribution in [0.15, 0.2) is 5.16 Å². The third-order valence-corrected chi connectivity index (χ3v) is 1.06. The number of carbonyl (C=O) groups excluding carboxylic acids is 1. The van der Waals surface area contributed by atoms with Crippen LogP contribution >= 0.6 is 11.6 Å². The Morgan fingerprint density at radius 3 is 2.80 bits per heavy atom. The van der Waals surface area contributed by atoms with Crippen LogP contribution in [0.2, 0.25) is 0 Å². The van der Waals surface area contributed by atoms with Crippen molar-refractivity contribution in [3.05, 3.63) is 0 Å². The molecule has 0 spiro atoms. The van der Waals surface area contributed by atoms with Crippen molar-refractivity contribution in [3.63, 3.8) is 0 Å². The third-order valence-electron chi connectivity index (χ3n) is 0.723. The van der Waals surface area contributed by atoms with Gasteiger partial charge in [-0.25, -0.2) is 4.79 Å². The third kappa shape index (κ3) is 4.14. The molecule has 0 atom stereocenters. The van der Waals surface area contributed by atoms with E-state index in [-0.39, 0.29) is 5.17 Å². The lowest BCUT2D eigenvalue weighted by Gasteiger charge is -1.94. The average molecular weight is 165 g/mol. The molecule has 1 amide bonds. The summed E-state index contributed by atoms with van der Waals surface area (Å²) >= 11 is 5.41. The fourth-order valence-electron chi connectivity index (χ4n) is 0.201. The summed E-state index contributed by atoms with van der Waals surface area (Å²) in [6, 6.07) is 0. The lowest BCUT2D eigenvalue weighted by Crippen LogP contribution is -2.16. The molecular weight excluding hydrogens is 156 g/mol. The summed E-state index contributed by atoms with van der Waals surface area (Å²) in [5, 5.41) is 5.77. The number of hydrogen-bond acceptors (Lipinski definition) is 3. The van der Waals surface area contributed by atoms with Crippen LogP contribution in [0.5, 0.6) is 0 Å². The number of carbonyl (C=O) groups is 1. The van der Waals surface area contributed by atoms with E-state index >= 15 is 0 Å². The summed E-state index contributed by atoms with van der Waals surface area (Å²) in [5.74, 6) is 0. The van der Waals surface area contributed by atoms with Crippen molar-refractivity contribution >= 4 is 22.9 Å². The van der Waals surface area contributed by atoms with Crippen molar-refractivity contribution in [2.24, 2.45) is 5.16 Å². The van der Waals surface area contributed by atoms with Gasteiger partial charge < -0.3 is 5.32 Å². The molecular formula is C5H9ClN2O2. The molecule has 5 heteroatoms. The molecule has 0 saturated carbocycles. The first-order valence-electron chi connectivity index (χ1n) is 2.81. The SMILES string of the molecule is CC/C(Cl)=N\OC(=O)NC. The maximum Gasteiger partial charge on any atom is 0.433 e. The van der Waals surface area contributed by atoms with Crippen LogP contribution < -0.4 is 5.32 Å². The summed E-state index contributed by atoms with van der Waals surface area (Å²) in [6.07, 6.45) is -0.0648. The molecule has 1 N–H and O–H groups in total. The van der Waals surface area contributed by atoms with Crippen LogP contribution in [0.4, 0.5) is 4.79 Å². The van der Waals surface area contributed by atoms with E-state index < -0.39 is 6.09 Å². The van der Waals surface area contributed by atoms with Crippen molar-refractivity contribution in [2.45, 2.75) is 13.3 Å². The predicted molar refractivity (Wildman–Crippen MR) is 39.1 cm³/mol. The highest BCUT2D eigenvalue weighted by atomic mass is 35.5. The van der Waals surface area contributed by atoms with Gasteiger partial charge in [0, 0.05) is 13.5 Å². The Labute approximate surface area is 64.2 Å². The van der Waals surface area contributed by atoms with Gasteiger partial charge >= 0.3 is 6.09 Å². The molecule has 0 bridgehead atoms. The first-order valence-corrected chi connectivity index (χ1v) is 3.19.